The first kappa shape index (κ1) is 23.6. The average Bonchev–Trinajstić information content (AvgIpc) is 3.39. The zero-order valence-electron chi connectivity index (χ0n) is 18.8. The highest BCUT2D eigenvalue weighted by Crippen LogP contribution is 2.59. The molecule has 0 saturated heterocycles. The minimum Gasteiger partial charge on any atom is -0.487 e. The van der Waals surface area contributed by atoms with Crippen molar-refractivity contribution < 1.29 is 22.3 Å². The molecule has 31 heavy (non-hydrogen) atoms. The normalized spacial score (nSPS) is 27.6. The van der Waals surface area contributed by atoms with E-state index >= 15 is 0 Å². The van der Waals surface area contributed by atoms with E-state index in [1.54, 1.807) is 18.2 Å². The summed E-state index contributed by atoms with van der Waals surface area (Å²) in [6, 6.07) is 6.97. The van der Waals surface area contributed by atoms with Gasteiger partial charge in [0.2, 0.25) is 0 Å². The monoisotopic (exact) mass is 437 g/mol. The minimum absolute atomic E-state index is 0.0547. The Bertz CT molecular complexity index is 876. The van der Waals surface area contributed by atoms with Crippen LogP contribution in [0.1, 0.15) is 59.1 Å². The Morgan fingerprint density at radius 3 is 2.35 bits per heavy atom. The molecule has 170 valence electrons. The smallest absolute Gasteiger partial charge is 0.278 e. The molecule has 2 aliphatic rings. The minimum atomic E-state index is -2.87. The second kappa shape index (κ2) is 8.44. The van der Waals surface area contributed by atoms with Gasteiger partial charge in [-0.15, -0.1) is 0 Å². The van der Waals surface area contributed by atoms with Gasteiger partial charge < -0.3 is 4.74 Å². The quantitative estimate of drug-likeness (QED) is 0.306. The van der Waals surface area contributed by atoms with Crippen LogP contribution in [0, 0.1) is 17.3 Å². The van der Waals surface area contributed by atoms with E-state index in [-0.39, 0.29) is 11.5 Å². The van der Waals surface area contributed by atoms with Gasteiger partial charge in [-0.25, -0.2) is 17.6 Å². The zero-order valence-corrected chi connectivity index (χ0v) is 18.8. The van der Waals surface area contributed by atoms with Gasteiger partial charge in [0.05, 0.1) is 6.04 Å². The molecule has 0 aliphatic heterocycles. The number of alkyl halides is 4. The Hall–Kier alpha value is -2.11. The van der Waals surface area contributed by atoms with Crippen LogP contribution >= 0.6 is 0 Å². The van der Waals surface area contributed by atoms with Crippen molar-refractivity contribution in [2.75, 3.05) is 6.61 Å². The van der Waals surface area contributed by atoms with Gasteiger partial charge >= 0.3 is 0 Å². The van der Waals surface area contributed by atoms with Crippen LogP contribution in [0.3, 0.4) is 0 Å². The topological polar surface area (TPSA) is 21.6 Å². The highest BCUT2D eigenvalue weighted by atomic mass is 19.3. The number of allylic oxidation sites excluding steroid dienone is 4. The first-order valence-electron chi connectivity index (χ1n) is 10.7. The average molecular weight is 438 g/mol. The fourth-order valence-electron chi connectivity index (χ4n) is 4.24. The number of halogens is 4. The van der Waals surface area contributed by atoms with Gasteiger partial charge in [0, 0.05) is 29.9 Å². The maximum absolute atomic E-state index is 13.5. The van der Waals surface area contributed by atoms with Crippen LogP contribution in [-0.2, 0) is 0 Å². The molecule has 0 N–H and O–H groups in total. The molecule has 2 nitrogen and oxygen atoms in total. The van der Waals surface area contributed by atoms with Gasteiger partial charge in [0.15, 0.2) is 6.61 Å². The van der Waals surface area contributed by atoms with E-state index in [4.69, 9.17) is 9.73 Å². The van der Waals surface area contributed by atoms with E-state index in [2.05, 4.69) is 6.92 Å². The summed E-state index contributed by atoms with van der Waals surface area (Å²) in [4.78, 5) is 4.85. The van der Waals surface area contributed by atoms with Crippen molar-refractivity contribution in [2.24, 2.45) is 22.2 Å². The summed E-state index contributed by atoms with van der Waals surface area (Å²) in [6.07, 6.45) is 6.78. The molecule has 0 aromatic heterocycles. The second-order valence-corrected chi connectivity index (χ2v) is 9.37. The summed E-state index contributed by atoms with van der Waals surface area (Å²) in [5.41, 5.74) is 3.08. The second-order valence-electron chi connectivity index (χ2n) is 9.37. The molecule has 1 fully saturated rings. The highest BCUT2D eigenvalue weighted by molar-refractivity contribution is 5.89. The maximum Gasteiger partial charge on any atom is 0.278 e. The maximum atomic E-state index is 13.5. The van der Waals surface area contributed by atoms with E-state index in [1.807, 2.05) is 38.1 Å². The highest BCUT2D eigenvalue weighted by Gasteiger charge is 2.53. The zero-order chi connectivity index (χ0) is 23.0. The van der Waals surface area contributed by atoms with Crippen LogP contribution < -0.4 is 4.74 Å². The third-order valence-corrected chi connectivity index (χ3v) is 6.40. The summed E-state index contributed by atoms with van der Waals surface area (Å²) >= 11 is 0. The fourth-order valence-corrected chi connectivity index (χ4v) is 4.24. The van der Waals surface area contributed by atoms with Crippen molar-refractivity contribution in [3.05, 3.63) is 53.6 Å². The number of nitrogens with zero attached hydrogens (tertiary/aromatic N) is 1. The van der Waals surface area contributed by atoms with Gasteiger partial charge in [-0.3, -0.25) is 4.99 Å². The summed E-state index contributed by atoms with van der Waals surface area (Å²) < 4.78 is 58.0. The van der Waals surface area contributed by atoms with Crippen LogP contribution in [0.15, 0.2) is 53.1 Å². The number of ether oxygens (including phenoxy) is 1. The lowest BCUT2D eigenvalue weighted by atomic mass is 9.84. The van der Waals surface area contributed by atoms with E-state index in [0.29, 0.717) is 18.1 Å². The predicted molar refractivity (Wildman–Crippen MR) is 116 cm³/mol. The largest absolute Gasteiger partial charge is 0.487 e. The van der Waals surface area contributed by atoms with Crippen molar-refractivity contribution >= 4 is 5.71 Å². The lowest BCUT2D eigenvalue weighted by Crippen LogP contribution is -2.24. The van der Waals surface area contributed by atoms with Gasteiger partial charge in [0.1, 0.15) is 5.75 Å². The molecular weight excluding hydrogens is 406 g/mol. The van der Waals surface area contributed by atoms with Crippen molar-refractivity contribution in [2.45, 2.75) is 65.3 Å². The summed E-state index contributed by atoms with van der Waals surface area (Å²) in [5, 5.41) is 0. The number of hydrogen-bond donors (Lipinski definition) is 0. The fraction of sp³-hybridized carbons (Fsp3) is 0.560. The standard InChI is InChI=1S/C25H31F4NO/c1-16(18-6-12-21(13-7-18)31-15-24(4,26)27)30-17(2)22-14-23(22,3)19-8-10-20(11-9-19)25(5,28)29/h6-10,12-13,16,20,22H,11,14-15H2,1-5H3. The van der Waals surface area contributed by atoms with E-state index in [0.717, 1.165) is 37.1 Å². The Labute approximate surface area is 182 Å². The Morgan fingerprint density at radius 2 is 1.84 bits per heavy atom. The van der Waals surface area contributed by atoms with E-state index in [1.165, 1.54) is 0 Å². The predicted octanol–water partition coefficient (Wildman–Crippen LogP) is 7.43. The van der Waals surface area contributed by atoms with Crippen molar-refractivity contribution in [3.63, 3.8) is 0 Å². The molecule has 4 unspecified atom stereocenters. The van der Waals surface area contributed by atoms with Gasteiger partial charge in [-0.2, -0.15) is 0 Å². The Kier molecular flexibility index (Phi) is 6.41. The van der Waals surface area contributed by atoms with Crippen LogP contribution in [0.25, 0.3) is 0 Å². The Morgan fingerprint density at radius 1 is 1.19 bits per heavy atom. The van der Waals surface area contributed by atoms with Crippen LogP contribution in [0.2, 0.25) is 0 Å². The molecule has 1 saturated carbocycles. The molecule has 3 rings (SSSR count). The molecule has 4 atom stereocenters. The number of benzene rings is 1. The first-order chi connectivity index (χ1) is 14.3. The molecule has 0 spiro atoms. The third kappa shape index (κ3) is 5.78. The molecular formula is C25H31F4NO. The molecule has 0 heterocycles. The van der Waals surface area contributed by atoms with Crippen LogP contribution in [-0.4, -0.2) is 24.2 Å². The van der Waals surface area contributed by atoms with Crippen LogP contribution in [0.4, 0.5) is 17.6 Å². The lowest BCUT2D eigenvalue weighted by molar-refractivity contribution is -0.0230. The van der Waals surface area contributed by atoms with E-state index < -0.39 is 24.4 Å². The summed E-state index contributed by atoms with van der Waals surface area (Å²) in [6.45, 7) is 7.32. The number of hydrogen-bond acceptors (Lipinski definition) is 2. The van der Waals surface area contributed by atoms with Crippen molar-refractivity contribution in [3.8, 4) is 5.75 Å². The molecule has 0 radical (unpaired) electrons. The van der Waals surface area contributed by atoms with Crippen LogP contribution in [0.5, 0.6) is 5.75 Å². The van der Waals surface area contributed by atoms with E-state index in [9.17, 15) is 17.6 Å². The SMILES string of the molecule is CC(=NC(C)c1ccc(OCC(C)(F)F)cc1)C1CC1(C)C1=CCC(C(C)(F)F)C=C1. The summed E-state index contributed by atoms with van der Waals surface area (Å²) in [7, 11) is 0. The molecule has 1 aromatic rings. The first-order valence-corrected chi connectivity index (χ1v) is 10.7. The number of aliphatic imine (C=N–C) groups is 1. The van der Waals surface area contributed by atoms with Crippen molar-refractivity contribution in [1.82, 2.24) is 0 Å². The molecule has 1 aromatic carbocycles. The molecule has 0 amide bonds. The van der Waals surface area contributed by atoms with Gasteiger partial charge in [0.25, 0.3) is 11.8 Å². The van der Waals surface area contributed by atoms with Crippen molar-refractivity contribution in [1.29, 1.82) is 0 Å². The molecule has 2 aliphatic carbocycles. The molecule has 0 bridgehead atoms. The van der Waals surface area contributed by atoms with Gasteiger partial charge in [-0.1, -0.05) is 37.3 Å². The molecule has 6 heteroatoms. The Balaban J connectivity index is 1.61. The third-order valence-electron chi connectivity index (χ3n) is 6.40. The lowest BCUT2D eigenvalue weighted by Gasteiger charge is -2.24. The van der Waals surface area contributed by atoms with Gasteiger partial charge in [-0.05, 0) is 56.9 Å². The number of rotatable bonds is 8. The summed E-state index contributed by atoms with van der Waals surface area (Å²) in [5.74, 6) is -5.61.